The van der Waals surface area contributed by atoms with Gasteiger partial charge in [0.15, 0.2) is 6.61 Å². The normalized spacial score (nSPS) is 15.8. The topological polar surface area (TPSA) is 99.5 Å². The first-order valence-corrected chi connectivity index (χ1v) is 8.83. The van der Waals surface area contributed by atoms with Gasteiger partial charge in [0.05, 0.1) is 17.6 Å². The fraction of sp³-hybridized carbons (Fsp3) is 0.238. The monoisotopic (exact) mass is 377 g/mol. The summed E-state index contributed by atoms with van der Waals surface area (Å²) in [4.78, 5) is 37.9. The van der Waals surface area contributed by atoms with E-state index in [-0.39, 0.29) is 18.9 Å². The molecule has 0 bridgehead atoms. The Morgan fingerprint density at radius 1 is 1.18 bits per heavy atom. The summed E-state index contributed by atoms with van der Waals surface area (Å²) in [5.74, 6) is -1.76. The molecule has 3 rings (SSSR count). The zero-order valence-corrected chi connectivity index (χ0v) is 15.1. The molecular formula is C21H19N3O4. The van der Waals surface area contributed by atoms with Crippen LogP contribution in [-0.2, 0) is 25.7 Å². The molecule has 7 heteroatoms. The minimum atomic E-state index is -0.578. The van der Waals surface area contributed by atoms with Gasteiger partial charge in [-0.1, -0.05) is 36.4 Å². The van der Waals surface area contributed by atoms with Gasteiger partial charge in [-0.25, -0.2) is 0 Å². The van der Waals surface area contributed by atoms with E-state index in [2.05, 4.69) is 5.32 Å². The summed E-state index contributed by atoms with van der Waals surface area (Å²) in [5, 5.41) is 11.4. The maximum atomic E-state index is 12.2. The SMILES string of the molecule is N#Cc1cccc(NC(=O)COC(=O)[C@@H]2CC(=O)N(Cc3ccccc3)C2)c1. The number of likely N-dealkylation sites (tertiary alicyclic amines) is 1. The lowest BCUT2D eigenvalue weighted by Crippen LogP contribution is -2.28. The van der Waals surface area contributed by atoms with Gasteiger partial charge in [-0.3, -0.25) is 14.4 Å². The number of benzene rings is 2. The highest BCUT2D eigenvalue weighted by atomic mass is 16.5. The molecule has 1 aliphatic rings. The van der Waals surface area contributed by atoms with Crippen molar-refractivity contribution in [1.29, 1.82) is 5.26 Å². The number of amides is 2. The molecular weight excluding hydrogens is 358 g/mol. The number of nitriles is 1. The van der Waals surface area contributed by atoms with E-state index >= 15 is 0 Å². The Labute approximate surface area is 162 Å². The van der Waals surface area contributed by atoms with Crippen molar-refractivity contribution in [1.82, 2.24) is 4.90 Å². The summed E-state index contributed by atoms with van der Waals surface area (Å²) in [6.07, 6.45) is 0.0809. The first kappa shape index (κ1) is 19.1. The largest absolute Gasteiger partial charge is 0.455 e. The van der Waals surface area contributed by atoms with E-state index in [0.29, 0.717) is 17.8 Å². The van der Waals surface area contributed by atoms with Gasteiger partial charge in [-0.2, -0.15) is 5.26 Å². The van der Waals surface area contributed by atoms with E-state index in [0.717, 1.165) is 5.56 Å². The number of hydrogen-bond acceptors (Lipinski definition) is 5. The molecule has 1 aliphatic heterocycles. The van der Waals surface area contributed by atoms with Crippen LogP contribution in [0.1, 0.15) is 17.5 Å². The van der Waals surface area contributed by atoms with Crippen molar-refractivity contribution < 1.29 is 19.1 Å². The van der Waals surface area contributed by atoms with Crippen LogP contribution < -0.4 is 5.32 Å². The maximum Gasteiger partial charge on any atom is 0.311 e. The Morgan fingerprint density at radius 2 is 1.96 bits per heavy atom. The van der Waals surface area contributed by atoms with Crippen molar-refractivity contribution in [2.45, 2.75) is 13.0 Å². The van der Waals surface area contributed by atoms with Crippen LogP contribution in [0.2, 0.25) is 0 Å². The second kappa shape index (κ2) is 8.82. The molecule has 0 spiro atoms. The van der Waals surface area contributed by atoms with Gasteiger partial charge in [0.25, 0.3) is 5.91 Å². The van der Waals surface area contributed by atoms with Gasteiger partial charge >= 0.3 is 5.97 Å². The number of nitrogens with zero attached hydrogens (tertiary/aromatic N) is 2. The minimum absolute atomic E-state index is 0.0809. The lowest BCUT2D eigenvalue weighted by atomic mass is 10.1. The smallest absolute Gasteiger partial charge is 0.311 e. The lowest BCUT2D eigenvalue weighted by molar-refractivity contribution is -0.151. The molecule has 1 fully saturated rings. The molecule has 142 valence electrons. The summed E-state index contributed by atoms with van der Waals surface area (Å²) in [5.41, 5.74) is 1.85. The molecule has 2 amide bonds. The number of anilines is 1. The lowest BCUT2D eigenvalue weighted by Gasteiger charge is -2.16. The zero-order chi connectivity index (χ0) is 19.9. The average Bonchev–Trinajstić information content (AvgIpc) is 3.07. The number of esters is 1. The number of nitrogens with one attached hydrogen (secondary N) is 1. The predicted octanol–water partition coefficient (Wildman–Crippen LogP) is 2.09. The van der Waals surface area contributed by atoms with Crippen molar-refractivity contribution in [3.8, 4) is 6.07 Å². The van der Waals surface area contributed by atoms with Crippen LogP contribution in [0, 0.1) is 17.2 Å². The molecule has 0 saturated carbocycles. The fourth-order valence-electron chi connectivity index (χ4n) is 3.00. The highest BCUT2D eigenvalue weighted by Crippen LogP contribution is 2.21. The maximum absolute atomic E-state index is 12.2. The molecule has 1 atom stereocenters. The highest BCUT2D eigenvalue weighted by Gasteiger charge is 2.35. The first-order chi connectivity index (χ1) is 13.5. The van der Waals surface area contributed by atoms with Gasteiger partial charge in [0.2, 0.25) is 5.91 Å². The third-order valence-corrected chi connectivity index (χ3v) is 4.39. The Balaban J connectivity index is 1.47. The summed E-state index contributed by atoms with van der Waals surface area (Å²) in [7, 11) is 0. The fourth-order valence-corrected chi connectivity index (χ4v) is 3.00. The zero-order valence-electron chi connectivity index (χ0n) is 15.1. The third-order valence-electron chi connectivity index (χ3n) is 4.39. The Bertz CT molecular complexity index is 921. The van der Waals surface area contributed by atoms with Gasteiger partial charge < -0.3 is 15.0 Å². The third kappa shape index (κ3) is 4.95. The number of hydrogen-bond donors (Lipinski definition) is 1. The van der Waals surface area contributed by atoms with Crippen molar-refractivity contribution in [2.24, 2.45) is 5.92 Å². The molecule has 0 aromatic heterocycles. The van der Waals surface area contributed by atoms with Crippen molar-refractivity contribution >= 4 is 23.5 Å². The van der Waals surface area contributed by atoms with Crippen molar-refractivity contribution in [2.75, 3.05) is 18.5 Å². The van der Waals surface area contributed by atoms with Crippen LogP contribution in [0.4, 0.5) is 5.69 Å². The number of carbonyl (C=O) groups excluding carboxylic acids is 3. The summed E-state index contributed by atoms with van der Waals surface area (Å²) in [6.45, 7) is 0.274. The van der Waals surface area contributed by atoms with Crippen LogP contribution in [-0.4, -0.2) is 35.8 Å². The Kier molecular flexibility index (Phi) is 6.02. The molecule has 0 aliphatic carbocycles. The molecule has 2 aromatic carbocycles. The van der Waals surface area contributed by atoms with E-state index in [1.54, 1.807) is 23.1 Å². The van der Waals surface area contributed by atoms with E-state index in [1.165, 1.54) is 6.07 Å². The molecule has 0 unspecified atom stereocenters. The van der Waals surface area contributed by atoms with E-state index in [1.807, 2.05) is 36.4 Å². The number of carbonyl (C=O) groups is 3. The first-order valence-electron chi connectivity index (χ1n) is 8.83. The van der Waals surface area contributed by atoms with E-state index in [9.17, 15) is 14.4 Å². The van der Waals surface area contributed by atoms with Crippen LogP contribution in [0.3, 0.4) is 0 Å². The second-order valence-electron chi connectivity index (χ2n) is 6.51. The molecule has 28 heavy (non-hydrogen) atoms. The van der Waals surface area contributed by atoms with E-state index in [4.69, 9.17) is 10.00 Å². The quantitative estimate of drug-likeness (QED) is 0.777. The molecule has 2 aromatic rings. The summed E-state index contributed by atoms with van der Waals surface area (Å²) < 4.78 is 5.07. The average molecular weight is 377 g/mol. The molecule has 7 nitrogen and oxygen atoms in total. The van der Waals surface area contributed by atoms with Gasteiger partial charge in [0.1, 0.15) is 0 Å². The predicted molar refractivity (Wildman–Crippen MR) is 101 cm³/mol. The number of rotatable bonds is 6. The van der Waals surface area contributed by atoms with E-state index < -0.39 is 24.4 Å². The minimum Gasteiger partial charge on any atom is -0.455 e. The summed E-state index contributed by atoms with van der Waals surface area (Å²) in [6, 6.07) is 17.9. The Hall–Kier alpha value is -3.66. The Morgan fingerprint density at radius 3 is 2.71 bits per heavy atom. The molecule has 1 heterocycles. The van der Waals surface area contributed by atoms with Gasteiger partial charge in [-0.05, 0) is 23.8 Å². The molecule has 1 saturated heterocycles. The van der Waals surface area contributed by atoms with Crippen LogP contribution in [0.5, 0.6) is 0 Å². The van der Waals surface area contributed by atoms with Crippen molar-refractivity contribution in [3.05, 3.63) is 65.7 Å². The highest BCUT2D eigenvalue weighted by molar-refractivity contribution is 5.93. The van der Waals surface area contributed by atoms with Crippen molar-refractivity contribution in [3.63, 3.8) is 0 Å². The number of ether oxygens (including phenoxy) is 1. The molecule has 0 radical (unpaired) electrons. The van der Waals surface area contributed by atoms with Crippen LogP contribution in [0.15, 0.2) is 54.6 Å². The summed E-state index contributed by atoms with van der Waals surface area (Å²) >= 11 is 0. The van der Waals surface area contributed by atoms with Gasteiger partial charge in [-0.15, -0.1) is 0 Å². The standard InChI is InChI=1S/C21H19N3O4/c22-11-16-7-4-8-18(9-16)23-19(25)14-28-21(27)17-10-20(26)24(13-17)12-15-5-2-1-3-6-15/h1-9,17H,10,12-14H2,(H,23,25)/t17-/m1/s1. The van der Waals surface area contributed by atoms with Gasteiger partial charge in [0, 0.05) is 25.2 Å². The van der Waals surface area contributed by atoms with Crippen LogP contribution >= 0.6 is 0 Å². The van der Waals surface area contributed by atoms with Crippen LogP contribution in [0.25, 0.3) is 0 Å². The second-order valence-corrected chi connectivity index (χ2v) is 6.51. The molecule has 1 N–H and O–H groups in total.